The van der Waals surface area contributed by atoms with Crippen molar-refractivity contribution in [1.82, 2.24) is 4.57 Å². The first kappa shape index (κ1) is 8.04. The molecule has 13 heavy (non-hydrogen) atoms. The second-order valence-electron chi connectivity index (χ2n) is 3.12. The summed E-state index contributed by atoms with van der Waals surface area (Å²) in [7, 11) is 0. The van der Waals surface area contributed by atoms with Crippen molar-refractivity contribution in [3.63, 3.8) is 0 Å². The molecule has 1 aromatic rings. The molecular weight excluding hydrogens is 170 g/mol. The van der Waals surface area contributed by atoms with E-state index in [1.807, 2.05) is 0 Å². The molecule has 0 amide bonds. The van der Waals surface area contributed by atoms with Gasteiger partial charge in [0.2, 0.25) is 0 Å². The Morgan fingerprint density at radius 3 is 3.08 bits per heavy atom. The molecule has 0 fully saturated rings. The quantitative estimate of drug-likeness (QED) is 0.702. The van der Waals surface area contributed by atoms with Gasteiger partial charge in [-0.2, -0.15) is 0 Å². The van der Waals surface area contributed by atoms with Crippen LogP contribution in [0.4, 0.5) is 0 Å². The van der Waals surface area contributed by atoms with Crippen LogP contribution in [0.3, 0.4) is 0 Å². The lowest BCUT2D eigenvalue weighted by atomic mass is 10.0. The average Bonchev–Trinajstić information content (AvgIpc) is 2.53. The van der Waals surface area contributed by atoms with Gasteiger partial charge < -0.3 is 9.67 Å². The third-order valence-electron chi connectivity index (χ3n) is 2.33. The number of Topliss-reactive ketones (excluding diaryl/α,β-unsaturated/α-hetero) is 1. The second kappa shape index (κ2) is 2.73. The Kier molecular flexibility index (Phi) is 1.69. The summed E-state index contributed by atoms with van der Waals surface area (Å²) in [6.07, 6.45) is 2.38. The third-order valence-corrected chi connectivity index (χ3v) is 2.33. The molecular formula is C9H9NO3. The number of aliphatic carboxylic acids is 1. The fourth-order valence-electron chi connectivity index (χ4n) is 1.68. The van der Waals surface area contributed by atoms with Gasteiger partial charge in [-0.05, 0) is 18.6 Å². The van der Waals surface area contributed by atoms with Gasteiger partial charge in [0.1, 0.15) is 6.04 Å². The predicted octanol–water partition coefficient (Wildman–Crippen LogP) is 1.09. The first-order valence-corrected chi connectivity index (χ1v) is 4.13. The highest BCUT2D eigenvalue weighted by molar-refractivity contribution is 5.96. The maximum absolute atomic E-state index is 11.3. The first-order chi connectivity index (χ1) is 6.20. The number of carboxylic acid groups (broad SMARTS) is 1. The zero-order chi connectivity index (χ0) is 9.42. The maximum Gasteiger partial charge on any atom is 0.326 e. The number of rotatable bonds is 1. The molecule has 0 radical (unpaired) electrons. The van der Waals surface area contributed by atoms with Crippen LogP contribution >= 0.6 is 0 Å². The summed E-state index contributed by atoms with van der Waals surface area (Å²) < 4.78 is 1.54. The molecule has 0 aliphatic carbocycles. The minimum absolute atomic E-state index is 0.0301. The molecule has 1 aromatic heterocycles. The van der Waals surface area contributed by atoms with Crippen molar-refractivity contribution >= 4 is 11.8 Å². The molecule has 4 heteroatoms. The van der Waals surface area contributed by atoms with Gasteiger partial charge >= 0.3 is 5.97 Å². The molecule has 0 unspecified atom stereocenters. The van der Waals surface area contributed by atoms with Gasteiger partial charge in [-0.3, -0.25) is 4.79 Å². The zero-order valence-corrected chi connectivity index (χ0v) is 6.93. The SMILES string of the molecule is O=C1CC[C@@H](C(=O)O)n2cccc21. The number of hydrogen-bond donors (Lipinski definition) is 1. The largest absolute Gasteiger partial charge is 0.480 e. The summed E-state index contributed by atoms with van der Waals surface area (Å²) in [4.78, 5) is 22.1. The van der Waals surface area contributed by atoms with Gasteiger partial charge in [0, 0.05) is 12.6 Å². The monoisotopic (exact) mass is 179 g/mol. The molecule has 1 atom stereocenters. The number of aromatic nitrogens is 1. The summed E-state index contributed by atoms with van der Waals surface area (Å²) in [6.45, 7) is 0. The van der Waals surface area contributed by atoms with E-state index in [-0.39, 0.29) is 5.78 Å². The van der Waals surface area contributed by atoms with E-state index in [9.17, 15) is 9.59 Å². The van der Waals surface area contributed by atoms with E-state index < -0.39 is 12.0 Å². The number of ketones is 1. The van der Waals surface area contributed by atoms with Crippen molar-refractivity contribution in [2.75, 3.05) is 0 Å². The number of nitrogens with zero attached hydrogens (tertiary/aromatic N) is 1. The highest BCUT2D eigenvalue weighted by atomic mass is 16.4. The molecule has 2 heterocycles. The van der Waals surface area contributed by atoms with Crippen molar-refractivity contribution in [2.24, 2.45) is 0 Å². The molecule has 0 saturated carbocycles. The van der Waals surface area contributed by atoms with E-state index in [4.69, 9.17) is 5.11 Å². The van der Waals surface area contributed by atoms with E-state index >= 15 is 0 Å². The van der Waals surface area contributed by atoms with Crippen LogP contribution in [0.25, 0.3) is 0 Å². The van der Waals surface area contributed by atoms with Crippen molar-refractivity contribution in [3.05, 3.63) is 24.0 Å². The van der Waals surface area contributed by atoms with Crippen molar-refractivity contribution in [2.45, 2.75) is 18.9 Å². The zero-order valence-electron chi connectivity index (χ0n) is 6.93. The van der Waals surface area contributed by atoms with Crippen LogP contribution in [-0.2, 0) is 4.79 Å². The van der Waals surface area contributed by atoms with Crippen molar-refractivity contribution in [1.29, 1.82) is 0 Å². The predicted molar refractivity (Wildman–Crippen MR) is 44.7 cm³/mol. The van der Waals surface area contributed by atoms with Crippen LogP contribution in [0, 0.1) is 0 Å². The Labute approximate surface area is 74.8 Å². The minimum atomic E-state index is -0.870. The maximum atomic E-state index is 11.3. The van der Waals surface area contributed by atoms with Gasteiger partial charge in [0.15, 0.2) is 5.78 Å². The Bertz CT molecular complexity index is 367. The van der Waals surface area contributed by atoms with E-state index in [1.165, 1.54) is 4.57 Å². The Hall–Kier alpha value is -1.58. The summed E-state index contributed by atoms with van der Waals surface area (Å²) in [5.74, 6) is -0.840. The molecule has 0 bridgehead atoms. The third kappa shape index (κ3) is 1.14. The van der Waals surface area contributed by atoms with E-state index in [2.05, 4.69) is 0 Å². The van der Waals surface area contributed by atoms with Crippen LogP contribution in [0.2, 0.25) is 0 Å². The Morgan fingerprint density at radius 1 is 1.62 bits per heavy atom. The fraction of sp³-hybridized carbons (Fsp3) is 0.333. The summed E-state index contributed by atoms with van der Waals surface area (Å²) in [5.41, 5.74) is 0.513. The molecule has 1 aliphatic rings. The number of carbonyl (C=O) groups excluding carboxylic acids is 1. The van der Waals surface area contributed by atoms with Gasteiger partial charge in [0.05, 0.1) is 5.69 Å². The van der Waals surface area contributed by atoms with Crippen molar-refractivity contribution in [3.8, 4) is 0 Å². The lowest BCUT2D eigenvalue weighted by Crippen LogP contribution is -2.27. The van der Waals surface area contributed by atoms with Crippen LogP contribution in [0.1, 0.15) is 29.4 Å². The van der Waals surface area contributed by atoms with E-state index in [0.29, 0.717) is 18.5 Å². The number of carbonyl (C=O) groups is 2. The second-order valence-corrected chi connectivity index (χ2v) is 3.12. The Balaban J connectivity index is 2.46. The van der Waals surface area contributed by atoms with Gasteiger partial charge in [0.25, 0.3) is 0 Å². The number of hydrogen-bond acceptors (Lipinski definition) is 2. The van der Waals surface area contributed by atoms with Gasteiger partial charge in [-0.15, -0.1) is 0 Å². The highest BCUT2D eigenvalue weighted by Gasteiger charge is 2.28. The topological polar surface area (TPSA) is 59.3 Å². The average molecular weight is 179 g/mol. The van der Waals surface area contributed by atoms with Gasteiger partial charge in [-0.1, -0.05) is 0 Å². The lowest BCUT2D eigenvalue weighted by molar-refractivity contribution is -0.141. The number of carboxylic acids is 1. The van der Waals surface area contributed by atoms with E-state index in [1.54, 1.807) is 18.3 Å². The lowest BCUT2D eigenvalue weighted by Gasteiger charge is -2.21. The fourth-order valence-corrected chi connectivity index (χ4v) is 1.68. The smallest absolute Gasteiger partial charge is 0.326 e. The first-order valence-electron chi connectivity index (χ1n) is 4.13. The Morgan fingerprint density at radius 2 is 2.38 bits per heavy atom. The normalized spacial score (nSPS) is 21.2. The highest BCUT2D eigenvalue weighted by Crippen LogP contribution is 2.24. The van der Waals surface area contributed by atoms with Gasteiger partial charge in [-0.25, -0.2) is 4.79 Å². The van der Waals surface area contributed by atoms with Crippen LogP contribution in [-0.4, -0.2) is 21.4 Å². The molecule has 0 spiro atoms. The van der Waals surface area contributed by atoms with Crippen LogP contribution in [0.15, 0.2) is 18.3 Å². The van der Waals surface area contributed by atoms with Crippen molar-refractivity contribution < 1.29 is 14.7 Å². The molecule has 4 nitrogen and oxygen atoms in total. The van der Waals surface area contributed by atoms with E-state index in [0.717, 1.165) is 0 Å². The molecule has 1 aliphatic heterocycles. The number of fused-ring (bicyclic) bond motifs is 1. The molecule has 2 rings (SSSR count). The van der Waals surface area contributed by atoms with Crippen LogP contribution in [0.5, 0.6) is 0 Å². The molecule has 0 aromatic carbocycles. The summed E-state index contributed by atoms with van der Waals surface area (Å²) in [6, 6.07) is 2.80. The summed E-state index contributed by atoms with van der Waals surface area (Å²) >= 11 is 0. The minimum Gasteiger partial charge on any atom is -0.480 e. The summed E-state index contributed by atoms with van der Waals surface area (Å²) in [5, 5.41) is 8.86. The molecule has 68 valence electrons. The standard InChI is InChI=1S/C9H9NO3/c11-8-4-3-7(9(12)13)10-5-1-2-6(8)10/h1-2,5,7H,3-4H2,(H,12,13)/t7-/m0/s1. The molecule has 1 N–H and O–H groups in total. The molecule has 0 saturated heterocycles. The van der Waals surface area contributed by atoms with Crippen LogP contribution < -0.4 is 0 Å².